The zero-order valence-corrected chi connectivity index (χ0v) is 13.9. The maximum Gasteiger partial charge on any atom is 0.312 e. The van der Waals surface area contributed by atoms with Gasteiger partial charge in [0.25, 0.3) is 0 Å². The lowest BCUT2D eigenvalue weighted by atomic mass is 9.72. The second-order valence-electron chi connectivity index (χ2n) is 6.25. The first-order valence-electron chi connectivity index (χ1n) is 7.78. The summed E-state index contributed by atoms with van der Waals surface area (Å²) in [6.45, 7) is 5.65. The first-order chi connectivity index (χ1) is 10.4. The Balaban J connectivity index is 2.11. The van der Waals surface area contributed by atoms with Crippen molar-refractivity contribution >= 4 is 17.6 Å². The van der Waals surface area contributed by atoms with E-state index in [2.05, 4.69) is 4.90 Å². The van der Waals surface area contributed by atoms with Crippen molar-refractivity contribution < 1.29 is 15.0 Å². The predicted molar refractivity (Wildman–Crippen MR) is 87.1 cm³/mol. The Morgan fingerprint density at radius 3 is 2.77 bits per heavy atom. The van der Waals surface area contributed by atoms with Crippen LogP contribution in [0.15, 0.2) is 18.2 Å². The fourth-order valence-electron chi connectivity index (χ4n) is 3.36. The van der Waals surface area contributed by atoms with E-state index in [-0.39, 0.29) is 0 Å². The largest absolute Gasteiger partial charge is 0.481 e. The van der Waals surface area contributed by atoms with Crippen LogP contribution in [-0.4, -0.2) is 40.3 Å². The Labute approximate surface area is 136 Å². The number of nitrogens with zero attached hydrogens (tertiary/aromatic N) is 1. The number of hydrogen-bond donors (Lipinski definition) is 2. The molecule has 0 radical (unpaired) electrons. The molecule has 0 aromatic heterocycles. The van der Waals surface area contributed by atoms with Gasteiger partial charge in [0.1, 0.15) is 0 Å². The third-order valence-corrected chi connectivity index (χ3v) is 5.15. The lowest BCUT2D eigenvalue weighted by Crippen LogP contribution is -2.54. The number of rotatable bonds is 5. The Hall–Kier alpha value is -1.10. The summed E-state index contributed by atoms with van der Waals surface area (Å²) in [5.74, 6) is -0.879. The predicted octanol–water partition coefficient (Wildman–Crippen LogP) is 3.09. The van der Waals surface area contributed by atoms with Crippen molar-refractivity contribution in [2.75, 3.05) is 13.1 Å². The molecule has 1 aliphatic rings. The summed E-state index contributed by atoms with van der Waals surface area (Å²) in [6, 6.07) is 5.80. The van der Waals surface area contributed by atoms with Crippen LogP contribution in [0.4, 0.5) is 0 Å². The average Bonchev–Trinajstić information content (AvgIpc) is 2.46. The van der Waals surface area contributed by atoms with Crippen molar-refractivity contribution in [2.24, 2.45) is 5.41 Å². The number of likely N-dealkylation sites (tertiary alicyclic amines) is 1. The second kappa shape index (κ2) is 6.99. The SMILES string of the molecule is CCC[C@]1(C(=O)O)CCN(Cc2c(C)cccc2Cl)C[C@H]1O. The number of halogens is 1. The molecule has 5 heteroatoms. The molecular formula is C17H24ClNO3. The lowest BCUT2D eigenvalue weighted by molar-refractivity contribution is -0.164. The quantitative estimate of drug-likeness (QED) is 0.873. The molecule has 0 saturated carbocycles. The highest BCUT2D eigenvalue weighted by atomic mass is 35.5. The van der Waals surface area contributed by atoms with Gasteiger partial charge in [0.15, 0.2) is 0 Å². The summed E-state index contributed by atoms with van der Waals surface area (Å²) in [5.41, 5.74) is 1.17. The highest BCUT2D eigenvalue weighted by Gasteiger charge is 2.47. The molecule has 1 saturated heterocycles. The van der Waals surface area contributed by atoms with Gasteiger partial charge >= 0.3 is 5.97 Å². The molecule has 0 spiro atoms. The monoisotopic (exact) mass is 325 g/mol. The molecule has 1 fully saturated rings. The first-order valence-corrected chi connectivity index (χ1v) is 8.16. The van der Waals surface area contributed by atoms with Crippen molar-refractivity contribution in [3.8, 4) is 0 Å². The normalized spacial score (nSPS) is 26.1. The Morgan fingerprint density at radius 1 is 1.50 bits per heavy atom. The van der Waals surface area contributed by atoms with Gasteiger partial charge in [0.2, 0.25) is 0 Å². The molecule has 0 aliphatic carbocycles. The summed E-state index contributed by atoms with van der Waals surface area (Å²) in [6.07, 6.45) is 0.900. The maximum absolute atomic E-state index is 11.7. The van der Waals surface area contributed by atoms with Gasteiger partial charge in [0.05, 0.1) is 11.5 Å². The Morgan fingerprint density at radius 2 is 2.23 bits per heavy atom. The summed E-state index contributed by atoms with van der Waals surface area (Å²) in [5, 5.41) is 20.7. The van der Waals surface area contributed by atoms with Gasteiger partial charge < -0.3 is 10.2 Å². The van der Waals surface area contributed by atoms with Crippen molar-refractivity contribution in [1.29, 1.82) is 0 Å². The summed E-state index contributed by atoms with van der Waals surface area (Å²) in [7, 11) is 0. The van der Waals surface area contributed by atoms with Crippen LogP contribution in [0.2, 0.25) is 5.02 Å². The number of aryl methyl sites for hydroxylation is 1. The minimum Gasteiger partial charge on any atom is -0.481 e. The molecule has 0 unspecified atom stereocenters. The van der Waals surface area contributed by atoms with E-state index in [9.17, 15) is 15.0 Å². The number of aliphatic hydroxyl groups excluding tert-OH is 1. The van der Waals surface area contributed by atoms with Gasteiger partial charge in [-0.3, -0.25) is 9.69 Å². The van der Waals surface area contributed by atoms with Crippen molar-refractivity contribution in [1.82, 2.24) is 4.90 Å². The first kappa shape index (κ1) is 17.3. The smallest absolute Gasteiger partial charge is 0.312 e. The van der Waals surface area contributed by atoms with Crippen LogP contribution in [0.5, 0.6) is 0 Å². The fraction of sp³-hybridized carbons (Fsp3) is 0.588. The maximum atomic E-state index is 11.7. The van der Waals surface area contributed by atoms with E-state index in [1.165, 1.54) is 0 Å². The molecule has 22 heavy (non-hydrogen) atoms. The molecule has 122 valence electrons. The second-order valence-corrected chi connectivity index (χ2v) is 6.65. The van der Waals surface area contributed by atoms with Crippen LogP contribution in [0.25, 0.3) is 0 Å². The molecule has 1 aromatic carbocycles. The number of carboxylic acid groups (broad SMARTS) is 1. The zero-order chi connectivity index (χ0) is 16.3. The Kier molecular flexibility index (Phi) is 5.48. The third-order valence-electron chi connectivity index (χ3n) is 4.80. The molecule has 1 heterocycles. The number of β-amino-alcohol motifs (C(OH)–C–C–N with tert-alkyl or cyclic N) is 1. The van der Waals surface area contributed by atoms with Crippen molar-refractivity contribution in [3.05, 3.63) is 34.3 Å². The van der Waals surface area contributed by atoms with Gasteiger partial charge in [-0.2, -0.15) is 0 Å². The number of benzene rings is 1. The fourth-order valence-corrected chi connectivity index (χ4v) is 3.64. The summed E-state index contributed by atoms with van der Waals surface area (Å²) < 4.78 is 0. The van der Waals surface area contributed by atoms with Crippen LogP contribution in [0.3, 0.4) is 0 Å². The van der Waals surface area contributed by atoms with Gasteiger partial charge in [-0.25, -0.2) is 0 Å². The van der Waals surface area contributed by atoms with E-state index < -0.39 is 17.5 Å². The van der Waals surface area contributed by atoms with E-state index in [4.69, 9.17) is 11.6 Å². The number of piperidine rings is 1. The summed E-state index contributed by atoms with van der Waals surface area (Å²) in [4.78, 5) is 13.7. The average molecular weight is 326 g/mol. The minimum absolute atomic E-state index is 0.372. The molecular weight excluding hydrogens is 302 g/mol. The van der Waals surface area contributed by atoms with Crippen molar-refractivity contribution in [3.63, 3.8) is 0 Å². The third kappa shape index (κ3) is 3.29. The van der Waals surface area contributed by atoms with Crippen LogP contribution in [-0.2, 0) is 11.3 Å². The topological polar surface area (TPSA) is 60.8 Å². The number of aliphatic carboxylic acids is 1. The zero-order valence-electron chi connectivity index (χ0n) is 13.2. The van der Waals surface area contributed by atoms with Crippen LogP contribution in [0.1, 0.15) is 37.3 Å². The molecule has 0 amide bonds. The van der Waals surface area contributed by atoms with E-state index in [0.717, 1.165) is 22.6 Å². The molecule has 4 nitrogen and oxygen atoms in total. The minimum atomic E-state index is -0.999. The van der Waals surface area contributed by atoms with Gasteiger partial charge in [-0.1, -0.05) is 37.1 Å². The molecule has 2 atom stereocenters. The number of carbonyl (C=O) groups is 1. The van der Waals surface area contributed by atoms with Crippen LogP contribution >= 0.6 is 11.6 Å². The van der Waals surface area contributed by atoms with E-state index in [1.807, 2.05) is 32.0 Å². The van der Waals surface area contributed by atoms with E-state index in [0.29, 0.717) is 32.5 Å². The van der Waals surface area contributed by atoms with E-state index >= 15 is 0 Å². The van der Waals surface area contributed by atoms with E-state index in [1.54, 1.807) is 0 Å². The molecule has 1 aliphatic heterocycles. The highest BCUT2D eigenvalue weighted by Crippen LogP contribution is 2.37. The lowest BCUT2D eigenvalue weighted by Gasteiger charge is -2.43. The number of carboxylic acids is 1. The molecule has 2 rings (SSSR count). The molecule has 0 bridgehead atoms. The highest BCUT2D eigenvalue weighted by molar-refractivity contribution is 6.31. The molecule has 1 aromatic rings. The van der Waals surface area contributed by atoms with Gasteiger partial charge in [-0.15, -0.1) is 0 Å². The number of aliphatic hydroxyl groups is 1. The standard InChI is InChI=1S/C17H24ClNO3/c1-3-7-17(16(21)22)8-9-19(11-15(17)20)10-13-12(2)5-4-6-14(13)18/h4-6,15,20H,3,7-11H2,1-2H3,(H,21,22)/t15-,17+/m1/s1. The number of hydrogen-bond acceptors (Lipinski definition) is 3. The summed E-state index contributed by atoms with van der Waals surface area (Å²) >= 11 is 6.26. The van der Waals surface area contributed by atoms with Crippen LogP contribution < -0.4 is 0 Å². The van der Waals surface area contributed by atoms with Gasteiger partial charge in [0, 0.05) is 18.1 Å². The molecule has 2 N–H and O–H groups in total. The van der Waals surface area contributed by atoms with Crippen molar-refractivity contribution in [2.45, 2.75) is 45.8 Å². The van der Waals surface area contributed by atoms with Crippen LogP contribution in [0, 0.1) is 12.3 Å². The van der Waals surface area contributed by atoms with Gasteiger partial charge in [-0.05, 0) is 43.5 Å². The Bertz CT molecular complexity index is 528.